The van der Waals surface area contributed by atoms with Crippen molar-refractivity contribution in [3.05, 3.63) is 34.1 Å². The third-order valence-corrected chi connectivity index (χ3v) is 3.55. The summed E-state index contributed by atoms with van der Waals surface area (Å²) in [6, 6.07) is 5.71. The lowest BCUT2D eigenvalue weighted by molar-refractivity contribution is 0.467. The predicted molar refractivity (Wildman–Crippen MR) is 74.8 cm³/mol. The van der Waals surface area contributed by atoms with Crippen molar-refractivity contribution in [1.29, 1.82) is 0 Å². The lowest BCUT2D eigenvalue weighted by atomic mass is 10.0. The van der Waals surface area contributed by atoms with Crippen LogP contribution in [0.15, 0.2) is 22.7 Å². The number of rotatable bonds is 7. The Hall–Kier alpha value is -0.410. The van der Waals surface area contributed by atoms with Gasteiger partial charge in [0.25, 0.3) is 0 Å². The Balaban J connectivity index is 2.42. The summed E-state index contributed by atoms with van der Waals surface area (Å²) in [5, 5.41) is 3.31. The van der Waals surface area contributed by atoms with Crippen LogP contribution in [0.25, 0.3) is 0 Å². The number of benzene rings is 1. The molecule has 17 heavy (non-hydrogen) atoms. The normalized spacial score (nSPS) is 12.7. The number of hydrogen-bond acceptors (Lipinski definition) is 1. The molecule has 0 amide bonds. The van der Waals surface area contributed by atoms with E-state index in [1.54, 1.807) is 6.07 Å². The van der Waals surface area contributed by atoms with Crippen LogP contribution in [-0.4, -0.2) is 13.1 Å². The van der Waals surface area contributed by atoms with Gasteiger partial charge in [-0.25, -0.2) is 4.39 Å². The third kappa shape index (κ3) is 5.17. The van der Waals surface area contributed by atoms with Gasteiger partial charge in [0, 0.05) is 10.5 Å². The minimum absolute atomic E-state index is 0.0929. The van der Waals surface area contributed by atoms with E-state index in [1.165, 1.54) is 18.9 Å². The average molecular weight is 302 g/mol. The molecule has 0 spiro atoms. The van der Waals surface area contributed by atoms with Crippen LogP contribution in [0.5, 0.6) is 0 Å². The summed E-state index contributed by atoms with van der Waals surface area (Å²) in [5.41, 5.74) is 0.811. The Bertz CT molecular complexity index is 341. The molecule has 1 N–H and O–H groups in total. The molecular formula is C14H21BrFN. The predicted octanol–water partition coefficient (Wildman–Crippen LogP) is 4.30. The van der Waals surface area contributed by atoms with Gasteiger partial charge < -0.3 is 5.32 Å². The Morgan fingerprint density at radius 3 is 2.76 bits per heavy atom. The molecule has 1 nitrogen and oxygen atoms in total. The number of halogens is 2. The summed E-state index contributed by atoms with van der Waals surface area (Å²) in [6.45, 7) is 2.19. The Labute approximate surface area is 112 Å². The van der Waals surface area contributed by atoms with Crippen LogP contribution in [-0.2, 0) is 6.42 Å². The van der Waals surface area contributed by atoms with E-state index >= 15 is 0 Å². The lowest BCUT2D eigenvalue weighted by Gasteiger charge is -2.14. The van der Waals surface area contributed by atoms with Crippen molar-refractivity contribution in [2.45, 2.75) is 45.1 Å². The van der Waals surface area contributed by atoms with E-state index in [2.05, 4.69) is 28.2 Å². The van der Waals surface area contributed by atoms with Crippen LogP contribution in [0.3, 0.4) is 0 Å². The van der Waals surface area contributed by atoms with Gasteiger partial charge >= 0.3 is 0 Å². The number of aryl methyl sites for hydroxylation is 1. The quantitative estimate of drug-likeness (QED) is 0.792. The fourth-order valence-electron chi connectivity index (χ4n) is 2.06. The Kier molecular flexibility index (Phi) is 6.75. The first kappa shape index (κ1) is 14.7. The van der Waals surface area contributed by atoms with Crippen molar-refractivity contribution in [2.75, 3.05) is 7.05 Å². The molecule has 0 aliphatic heterocycles. The van der Waals surface area contributed by atoms with Crippen LogP contribution in [0.2, 0.25) is 0 Å². The van der Waals surface area contributed by atoms with Crippen LogP contribution >= 0.6 is 15.9 Å². The van der Waals surface area contributed by atoms with Gasteiger partial charge in [-0.05, 0) is 56.5 Å². The largest absolute Gasteiger partial charge is 0.317 e. The minimum atomic E-state index is -0.0929. The fraction of sp³-hybridized carbons (Fsp3) is 0.571. The molecule has 0 saturated carbocycles. The standard InChI is InChI=1S/C14H21BrFN/c1-3-5-13(17-2)7-4-6-11-10-12(15)8-9-14(11)16/h8-10,13,17H,3-7H2,1-2H3. The summed E-state index contributed by atoms with van der Waals surface area (Å²) in [6.07, 6.45) is 5.33. The highest BCUT2D eigenvalue weighted by Gasteiger charge is 2.06. The van der Waals surface area contributed by atoms with Gasteiger partial charge in [0.15, 0.2) is 0 Å². The first-order valence-electron chi connectivity index (χ1n) is 6.28. The van der Waals surface area contributed by atoms with Crippen LogP contribution < -0.4 is 5.32 Å². The SMILES string of the molecule is CCCC(CCCc1cc(Br)ccc1F)NC. The van der Waals surface area contributed by atoms with Crippen molar-refractivity contribution in [3.8, 4) is 0 Å². The molecule has 0 heterocycles. The minimum Gasteiger partial charge on any atom is -0.317 e. The highest BCUT2D eigenvalue weighted by atomic mass is 79.9. The van der Waals surface area contributed by atoms with E-state index in [1.807, 2.05) is 13.1 Å². The van der Waals surface area contributed by atoms with E-state index < -0.39 is 0 Å². The average Bonchev–Trinajstić information content (AvgIpc) is 2.32. The van der Waals surface area contributed by atoms with Gasteiger partial charge in [-0.2, -0.15) is 0 Å². The molecule has 1 atom stereocenters. The zero-order chi connectivity index (χ0) is 12.7. The third-order valence-electron chi connectivity index (χ3n) is 3.05. The smallest absolute Gasteiger partial charge is 0.126 e. The molecule has 0 aliphatic rings. The van der Waals surface area contributed by atoms with Crippen LogP contribution in [0.1, 0.15) is 38.2 Å². The second-order valence-electron chi connectivity index (χ2n) is 4.40. The maximum atomic E-state index is 13.5. The van der Waals surface area contributed by atoms with E-state index in [4.69, 9.17) is 0 Å². The first-order valence-corrected chi connectivity index (χ1v) is 7.07. The summed E-state index contributed by atoms with van der Waals surface area (Å²) in [5.74, 6) is -0.0929. The fourth-order valence-corrected chi connectivity index (χ4v) is 2.46. The van der Waals surface area contributed by atoms with Crippen molar-refractivity contribution >= 4 is 15.9 Å². The molecule has 1 unspecified atom stereocenters. The highest BCUT2D eigenvalue weighted by molar-refractivity contribution is 9.10. The first-order chi connectivity index (χ1) is 8.17. The van der Waals surface area contributed by atoms with E-state index in [9.17, 15) is 4.39 Å². The maximum Gasteiger partial charge on any atom is 0.126 e. The molecule has 1 rings (SSSR count). The van der Waals surface area contributed by atoms with Gasteiger partial charge in [-0.1, -0.05) is 29.3 Å². The van der Waals surface area contributed by atoms with Gasteiger partial charge in [-0.3, -0.25) is 0 Å². The molecular weight excluding hydrogens is 281 g/mol. The summed E-state index contributed by atoms with van der Waals surface area (Å²) in [4.78, 5) is 0. The second kappa shape index (κ2) is 7.83. The molecule has 0 fully saturated rings. The van der Waals surface area contributed by atoms with Crippen LogP contribution in [0.4, 0.5) is 4.39 Å². The molecule has 1 aromatic rings. The van der Waals surface area contributed by atoms with Crippen molar-refractivity contribution in [3.63, 3.8) is 0 Å². The van der Waals surface area contributed by atoms with Crippen LogP contribution in [0, 0.1) is 5.82 Å². The van der Waals surface area contributed by atoms with Gasteiger partial charge in [0.05, 0.1) is 0 Å². The summed E-state index contributed by atoms with van der Waals surface area (Å²) < 4.78 is 14.4. The Morgan fingerprint density at radius 1 is 1.35 bits per heavy atom. The molecule has 96 valence electrons. The topological polar surface area (TPSA) is 12.0 Å². The second-order valence-corrected chi connectivity index (χ2v) is 5.32. The maximum absolute atomic E-state index is 13.5. The number of hydrogen-bond donors (Lipinski definition) is 1. The zero-order valence-electron chi connectivity index (χ0n) is 10.6. The molecule has 0 saturated heterocycles. The van der Waals surface area contributed by atoms with E-state index in [0.717, 1.165) is 29.3 Å². The van der Waals surface area contributed by atoms with Crippen molar-refractivity contribution in [2.24, 2.45) is 0 Å². The van der Waals surface area contributed by atoms with Crippen molar-refractivity contribution < 1.29 is 4.39 Å². The van der Waals surface area contributed by atoms with E-state index in [0.29, 0.717) is 6.04 Å². The molecule has 3 heteroatoms. The zero-order valence-corrected chi connectivity index (χ0v) is 12.2. The molecule has 0 radical (unpaired) electrons. The summed E-state index contributed by atoms with van der Waals surface area (Å²) in [7, 11) is 2.00. The number of nitrogens with one attached hydrogen (secondary N) is 1. The Morgan fingerprint density at radius 2 is 2.12 bits per heavy atom. The van der Waals surface area contributed by atoms with Crippen molar-refractivity contribution in [1.82, 2.24) is 5.32 Å². The molecule has 0 aliphatic carbocycles. The molecule has 0 aromatic heterocycles. The van der Waals surface area contributed by atoms with Gasteiger partial charge in [-0.15, -0.1) is 0 Å². The van der Waals surface area contributed by atoms with Gasteiger partial charge in [0.1, 0.15) is 5.82 Å². The monoisotopic (exact) mass is 301 g/mol. The highest BCUT2D eigenvalue weighted by Crippen LogP contribution is 2.18. The van der Waals surface area contributed by atoms with Gasteiger partial charge in [0.2, 0.25) is 0 Å². The molecule has 0 bridgehead atoms. The summed E-state index contributed by atoms with van der Waals surface area (Å²) >= 11 is 3.38. The lowest BCUT2D eigenvalue weighted by Crippen LogP contribution is -2.24. The molecule has 1 aromatic carbocycles. The van der Waals surface area contributed by atoms with E-state index in [-0.39, 0.29) is 5.82 Å².